The van der Waals surface area contributed by atoms with Crippen LogP contribution in [-0.2, 0) is 0 Å². The van der Waals surface area contributed by atoms with Crippen LogP contribution in [0.5, 0.6) is 0 Å². The first kappa shape index (κ1) is 11.4. The third-order valence-corrected chi connectivity index (χ3v) is 3.16. The van der Waals surface area contributed by atoms with Crippen LogP contribution >= 0.6 is 11.6 Å². The lowest BCUT2D eigenvalue weighted by Crippen LogP contribution is -2.55. The van der Waals surface area contributed by atoms with Gasteiger partial charge in [-0.05, 0) is 13.8 Å². The van der Waals surface area contributed by atoms with Crippen molar-refractivity contribution in [3.8, 4) is 0 Å². The van der Waals surface area contributed by atoms with Crippen LogP contribution in [-0.4, -0.2) is 35.1 Å². The Bertz CT molecular complexity index is 433. The third-order valence-electron chi connectivity index (χ3n) is 2.81. The number of nitrogens with one attached hydrogen (secondary N) is 2. The molecule has 5 nitrogen and oxygen atoms in total. The minimum atomic E-state index is -0.287. The lowest BCUT2D eigenvalue weighted by molar-refractivity contribution is 0.422. The fourth-order valence-electron chi connectivity index (χ4n) is 1.89. The second kappa shape index (κ2) is 4.43. The fourth-order valence-corrected chi connectivity index (χ4v) is 2.10. The van der Waals surface area contributed by atoms with Gasteiger partial charge in [0.1, 0.15) is 5.02 Å². The molecule has 1 aliphatic rings. The molecule has 0 aromatic carbocycles. The van der Waals surface area contributed by atoms with Crippen LogP contribution < -0.4 is 15.8 Å². The van der Waals surface area contributed by atoms with Crippen LogP contribution in [0.2, 0.25) is 5.02 Å². The molecule has 2 heterocycles. The molecular weight excluding hydrogens is 228 g/mol. The molecule has 0 bridgehead atoms. The van der Waals surface area contributed by atoms with Gasteiger partial charge in [0.25, 0.3) is 5.56 Å². The second-order valence-electron chi connectivity index (χ2n) is 4.18. The van der Waals surface area contributed by atoms with E-state index < -0.39 is 0 Å². The van der Waals surface area contributed by atoms with E-state index in [0.717, 1.165) is 13.1 Å². The van der Waals surface area contributed by atoms with Crippen molar-refractivity contribution in [3.63, 3.8) is 0 Å². The van der Waals surface area contributed by atoms with Crippen molar-refractivity contribution in [1.82, 2.24) is 15.3 Å². The number of rotatable bonds is 1. The number of halogens is 1. The minimum absolute atomic E-state index is 0.170. The molecule has 2 unspecified atom stereocenters. The van der Waals surface area contributed by atoms with Gasteiger partial charge in [0.2, 0.25) is 0 Å². The summed E-state index contributed by atoms with van der Waals surface area (Å²) >= 11 is 5.97. The van der Waals surface area contributed by atoms with E-state index >= 15 is 0 Å². The lowest BCUT2D eigenvalue weighted by Gasteiger charge is -2.38. The Morgan fingerprint density at radius 3 is 3.06 bits per heavy atom. The first-order chi connectivity index (χ1) is 7.59. The Labute approximate surface area is 98.8 Å². The van der Waals surface area contributed by atoms with Crippen molar-refractivity contribution in [1.29, 1.82) is 0 Å². The number of anilines is 1. The van der Waals surface area contributed by atoms with Gasteiger partial charge in [-0.3, -0.25) is 4.79 Å². The zero-order chi connectivity index (χ0) is 11.7. The van der Waals surface area contributed by atoms with Crippen molar-refractivity contribution in [2.45, 2.75) is 25.9 Å². The normalized spacial score (nSPS) is 25.8. The van der Waals surface area contributed by atoms with Gasteiger partial charge in [-0.25, -0.2) is 4.98 Å². The Hall–Kier alpha value is -1.07. The number of nitrogens with zero attached hydrogens (tertiary/aromatic N) is 2. The first-order valence-corrected chi connectivity index (χ1v) is 5.70. The van der Waals surface area contributed by atoms with Gasteiger partial charge in [-0.2, -0.15) is 0 Å². The highest BCUT2D eigenvalue weighted by Gasteiger charge is 2.25. The molecule has 16 heavy (non-hydrogen) atoms. The first-order valence-electron chi connectivity index (χ1n) is 5.33. The van der Waals surface area contributed by atoms with Crippen molar-refractivity contribution >= 4 is 17.4 Å². The maximum absolute atomic E-state index is 11.4. The highest BCUT2D eigenvalue weighted by Crippen LogP contribution is 2.22. The molecule has 2 N–H and O–H groups in total. The predicted octanol–water partition coefficient (Wildman–Crippen LogP) is 0.610. The third kappa shape index (κ3) is 2.05. The number of piperazine rings is 1. The molecular formula is C10H15ClN4O. The highest BCUT2D eigenvalue weighted by molar-refractivity contribution is 6.32. The summed E-state index contributed by atoms with van der Waals surface area (Å²) in [5.41, 5.74) is -0.287. The summed E-state index contributed by atoms with van der Waals surface area (Å²) < 4.78 is 0. The van der Waals surface area contributed by atoms with Crippen molar-refractivity contribution in [2.75, 3.05) is 18.0 Å². The van der Waals surface area contributed by atoms with Gasteiger partial charge in [0, 0.05) is 25.2 Å². The smallest absolute Gasteiger partial charge is 0.271 e. The standard InChI is InChI=1S/C10H15ClN4O/c1-6-4-15(7(2)3-12-6)9-8(11)10(16)14-5-13-9/h5-7,12H,3-4H2,1-2H3,(H,13,14,16). The summed E-state index contributed by atoms with van der Waals surface area (Å²) in [5.74, 6) is 0.575. The van der Waals surface area contributed by atoms with E-state index in [1.807, 2.05) is 0 Å². The van der Waals surface area contributed by atoms with Crippen LogP contribution in [0.3, 0.4) is 0 Å². The van der Waals surface area contributed by atoms with Crippen LogP contribution in [0.4, 0.5) is 5.82 Å². The van der Waals surface area contributed by atoms with E-state index in [1.165, 1.54) is 6.33 Å². The SMILES string of the molecule is CC1CN(c2nc[nH]c(=O)c2Cl)C(C)CN1. The van der Waals surface area contributed by atoms with E-state index in [-0.39, 0.29) is 16.6 Å². The van der Waals surface area contributed by atoms with Crippen molar-refractivity contribution in [3.05, 3.63) is 21.7 Å². The average Bonchev–Trinajstić information content (AvgIpc) is 2.26. The predicted molar refractivity (Wildman–Crippen MR) is 64.1 cm³/mol. The molecule has 0 saturated carbocycles. The molecule has 1 aromatic rings. The van der Waals surface area contributed by atoms with Gasteiger partial charge >= 0.3 is 0 Å². The summed E-state index contributed by atoms with van der Waals surface area (Å²) in [6.07, 6.45) is 1.39. The molecule has 0 aliphatic carbocycles. The maximum atomic E-state index is 11.4. The quantitative estimate of drug-likeness (QED) is 0.758. The Morgan fingerprint density at radius 1 is 1.56 bits per heavy atom. The van der Waals surface area contributed by atoms with Crippen LogP contribution in [0.25, 0.3) is 0 Å². The van der Waals surface area contributed by atoms with Gasteiger partial charge in [0.15, 0.2) is 5.82 Å². The largest absolute Gasteiger partial charge is 0.350 e. The van der Waals surface area contributed by atoms with Crippen molar-refractivity contribution < 1.29 is 0 Å². The van der Waals surface area contributed by atoms with Crippen LogP contribution in [0, 0.1) is 0 Å². The monoisotopic (exact) mass is 242 g/mol. The van der Waals surface area contributed by atoms with Crippen LogP contribution in [0.1, 0.15) is 13.8 Å². The van der Waals surface area contributed by atoms with E-state index in [9.17, 15) is 4.79 Å². The van der Waals surface area contributed by atoms with Crippen LogP contribution in [0.15, 0.2) is 11.1 Å². The van der Waals surface area contributed by atoms with Crippen molar-refractivity contribution in [2.24, 2.45) is 0 Å². The van der Waals surface area contributed by atoms with Gasteiger partial charge in [0.05, 0.1) is 6.33 Å². The Balaban J connectivity index is 2.35. The van der Waals surface area contributed by atoms with E-state index in [2.05, 4.69) is 34.0 Å². The lowest BCUT2D eigenvalue weighted by atomic mass is 10.1. The summed E-state index contributed by atoms with van der Waals surface area (Å²) in [7, 11) is 0. The Kier molecular flexibility index (Phi) is 3.16. The molecule has 1 aliphatic heterocycles. The molecule has 88 valence electrons. The topological polar surface area (TPSA) is 61.0 Å². The van der Waals surface area contributed by atoms with Gasteiger partial charge in [-0.15, -0.1) is 0 Å². The molecule has 0 radical (unpaired) electrons. The molecule has 6 heteroatoms. The van der Waals surface area contributed by atoms with E-state index in [1.54, 1.807) is 0 Å². The molecule has 1 saturated heterocycles. The Morgan fingerprint density at radius 2 is 2.31 bits per heavy atom. The highest BCUT2D eigenvalue weighted by atomic mass is 35.5. The number of H-pyrrole nitrogens is 1. The molecule has 2 atom stereocenters. The molecule has 0 spiro atoms. The molecule has 1 fully saturated rings. The van der Waals surface area contributed by atoms with E-state index in [4.69, 9.17) is 11.6 Å². The molecule has 1 aromatic heterocycles. The molecule has 0 amide bonds. The average molecular weight is 243 g/mol. The van der Waals surface area contributed by atoms with Gasteiger partial charge < -0.3 is 15.2 Å². The zero-order valence-electron chi connectivity index (χ0n) is 9.33. The summed E-state index contributed by atoms with van der Waals surface area (Å²) in [4.78, 5) is 20.1. The number of aromatic amines is 1. The second-order valence-corrected chi connectivity index (χ2v) is 4.56. The molecule has 2 rings (SSSR count). The van der Waals surface area contributed by atoms with E-state index in [0.29, 0.717) is 11.9 Å². The fraction of sp³-hybridized carbons (Fsp3) is 0.600. The zero-order valence-corrected chi connectivity index (χ0v) is 10.1. The summed E-state index contributed by atoms with van der Waals surface area (Å²) in [6, 6.07) is 0.649. The summed E-state index contributed by atoms with van der Waals surface area (Å²) in [5, 5.41) is 3.54. The minimum Gasteiger partial charge on any atom is -0.350 e. The summed E-state index contributed by atoms with van der Waals surface area (Å²) in [6.45, 7) is 5.85. The number of hydrogen-bond acceptors (Lipinski definition) is 4. The maximum Gasteiger partial charge on any atom is 0.271 e. The number of hydrogen-bond donors (Lipinski definition) is 2. The van der Waals surface area contributed by atoms with Gasteiger partial charge in [-0.1, -0.05) is 11.6 Å². The number of aromatic nitrogens is 2.